The normalized spacial score (nSPS) is 12.5. The lowest BCUT2D eigenvalue weighted by Crippen LogP contribution is -2.27. The van der Waals surface area contributed by atoms with E-state index in [9.17, 15) is 14.7 Å². The van der Waals surface area contributed by atoms with Gasteiger partial charge in [0, 0.05) is 5.92 Å². The van der Waals surface area contributed by atoms with Gasteiger partial charge in [-0.15, -0.1) is 0 Å². The highest BCUT2D eigenvalue weighted by atomic mass is 16.5. The van der Waals surface area contributed by atoms with Crippen molar-refractivity contribution < 1.29 is 24.2 Å². The summed E-state index contributed by atoms with van der Waals surface area (Å²) in [5.41, 5.74) is -0.967. The number of aliphatic hydroxyl groups excluding tert-OH is 1. The molecule has 1 unspecified atom stereocenters. The van der Waals surface area contributed by atoms with Crippen LogP contribution in [0.15, 0.2) is 0 Å². The molecule has 0 aliphatic rings. The van der Waals surface area contributed by atoms with E-state index in [1.165, 1.54) is 83.5 Å². The predicted molar refractivity (Wildman–Crippen MR) is 208 cm³/mol. The van der Waals surface area contributed by atoms with Crippen LogP contribution in [0.5, 0.6) is 0 Å². The molecule has 0 amide bonds. The summed E-state index contributed by atoms with van der Waals surface area (Å²) < 4.78 is 11.2. The maximum absolute atomic E-state index is 12.8. The van der Waals surface area contributed by atoms with E-state index in [-0.39, 0.29) is 24.6 Å². The molecule has 5 heteroatoms. The maximum Gasteiger partial charge on any atom is 0.312 e. The van der Waals surface area contributed by atoms with Gasteiger partial charge < -0.3 is 14.6 Å². The van der Waals surface area contributed by atoms with Gasteiger partial charge in [0.2, 0.25) is 0 Å². The van der Waals surface area contributed by atoms with E-state index in [2.05, 4.69) is 32.6 Å². The van der Waals surface area contributed by atoms with Gasteiger partial charge >= 0.3 is 11.9 Å². The number of rotatable bonds is 33. The van der Waals surface area contributed by atoms with E-state index in [1.807, 2.05) is 27.7 Å². The van der Waals surface area contributed by atoms with E-state index < -0.39 is 10.8 Å². The largest absolute Gasteiger partial charge is 0.465 e. The summed E-state index contributed by atoms with van der Waals surface area (Å²) in [5, 5.41) is 10.5. The first-order valence-corrected chi connectivity index (χ1v) is 21.0. The first kappa shape index (κ1) is 47.5. The number of hydrogen-bond acceptors (Lipinski definition) is 5. The zero-order chi connectivity index (χ0) is 36.6. The summed E-state index contributed by atoms with van der Waals surface area (Å²) in [7, 11) is 0. The van der Waals surface area contributed by atoms with Gasteiger partial charge in [0.15, 0.2) is 6.61 Å². The summed E-state index contributed by atoms with van der Waals surface area (Å²) in [4.78, 5) is 25.4. The minimum absolute atomic E-state index is 0.0752. The minimum Gasteiger partial charge on any atom is -0.465 e. The Morgan fingerprint density at radius 3 is 1.41 bits per heavy atom. The summed E-state index contributed by atoms with van der Waals surface area (Å²) in [6.07, 6.45) is 29.8. The van der Waals surface area contributed by atoms with Crippen molar-refractivity contribution in [2.75, 3.05) is 13.2 Å². The minimum atomic E-state index is -0.520. The number of carbonyl (C=O) groups is 2. The molecular formula is C44H82O5. The number of unbranched alkanes of at least 4 members (excludes halogenated alkanes) is 16. The zero-order valence-electron chi connectivity index (χ0n) is 33.7. The van der Waals surface area contributed by atoms with Crippen molar-refractivity contribution in [1.29, 1.82) is 0 Å². The Balaban J connectivity index is 4.12. The molecule has 0 aromatic heterocycles. The summed E-state index contributed by atoms with van der Waals surface area (Å²) in [5.74, 6) is 6.79. The molecule has 0 aromatic carbocycles. The van der Waals surface area contributed by atoms with Gasteiger partial charge in [-0.25, -0.2) is 0 Å². The molecule has 0 rings (SSSR count). The van der Waals surface area contributed by atoms with E-state index in [1.54, 1.807) is 0 Å². The van der Waals surface area contributed by atoms with Crippen molar-refractivity contribution in [3.8, 4) is 11.8 Å². The Kier molecular flexibility index (Phi) is 30.2. The smallest absolute Gasteiger partial charge is 0.312 e. The number of esters is 2. The van der Waals surface area contributed by atoms with Crippen molar-refractivity contribution in [2.24, 2.45) is 16.7 Å². The molecule has 0 saturated heterocycles. The maximum atomic E-state index is 12.8. The van der Waals surface area contributed by atoms with Gasteiger partial charge in [-0.05, 0) is 72.6 Å². The topological polar surface area (TPSA) is 72.8 Å². The SMILES string of the molecule is CCCCCCCCCOC(=O)C(C)(C)CCCCCC(O)CCCCCC(C)(C)C(=O)OCC#CC(CCCCCC)CCCCCC. The lowest BCUT2D eigenvalue weighted by molar-refractivity contribution is -0.154. The fourth-order valence-electron chi connectivity index (χ4n) is 6.42. The van der Waals surface area contributed by atoms with Crippen LogP contribution in [-0.4, -0.2) is 36.4 Å². The van der Waals surface area contributed by atoms with E-state index in [0.29, 0.717) is 12.5 Å². The van der Waals surface area contributed by atoms with Crippen molar-refractivity contribution in [2.45, 2.75) is 228 Å². The van der Waals surface area contributed by atoms with Crippen LogP contribution in [0.1, 0.15) is 222 Å². The van der Waals surface area contributed by atoms with Gasteiger partial charge in [-0.3, -0.25) is 9.59 Å². The number of hydrogen-bond donors (Lipinski definition) is 1. The van der Waals surface area contributed by atoms with Gasteiger partial charge in [-0.1, -0.05) is 161 Å². The quantitative estimate of drug-likeness (QED) is 0.0421. The molecular weight excluding hydrogens is 608 g/mol. The second-order valence-corrected chi connectivity index (χ2v) is 16.2. The zero-order valence-corrected chi connectivity index (χ0v) is 33.7. The predicted octanol–water partition coefficient (Wildman–Crippen LogP) is 12.7. The van der Waals surface area contributed by atoms with Crippen LogP contribution in [-0.2, 0) is 19.1 Å². The molecule has 0 radical (unpaired) electrons. The Morgan fingerprint density at radius 2 is 0.918 bits per heavy atom. The molecule has 0 bridgehead atoms. The fraction of sp³-hybridized carbons (Fsp3) is 0.909. The molecule has 0 aromatic rings. The molecule has 0 spiro atoms. The summed E-state index contributed by atoms with van der Waals surface area (Å²) >= 11 is 0. The molecule has 288 valence electrons. The van der Waals surface area contributed by atoms with Crippen molar-refractivity contribution in [1.82, 2.24) is 0 Å². The summed E-state index contributed by atoms with van der Waals surface area (Å²) in [6.45, 7) is 15.4. The Bertz CT molecular complexity index is 839. The second kappa shape index (κ2) is 31.2. The van der Waals surface area contributed by atoms with Crippen LogP contribution < -0.4 is 0 Å². The molecule has 0 saturated carbocycles. The van der Waals surface area contributed by atoms with Gasteiger partial charge in [0.25, 0.3) is 0 Å². The van der Waals surface area contributed by atoms with Crippen LogP contribution >= 0.6 is 0 Å². The molecule has 0 aliphatic heterocycles. The fourth-order valence-corrected chi connectivity index (χ4v) is 6.42. The monoisotopic (exact) mass is 691 g/mol. The highest BCUT2D eigenvalue weighted by Gasteiger charge is 2.29. The van der Waals surface area contributed by atoms with Crippen molar-refractivity contribution >= 4 is 11.9 Å². The van der Waals surface area contributed by atoms with E-state index in [0.717, 1.165) is 89.9 Å². The lowest BCUT2D eigenvalue weighted by Gasteiger charge is -2.22. The summed E-state index contributed by atoms with van der Waals surface area (Å²) in [6, 6.07) is 0. The highest BCUT2D eigenvalue weighted by Crippen LogP contribution is 2.28. The van der Waals surface area contributed by atoms with Crippen LogP contribution in [0.3, 0.4) is 0 Å². The first-order valence-electron chi connectivity index (χ1n) is 21.0. The second-order valence-electron chi connectivity index (χ2n) is 16.2. The molecule has 1 atom stereocenters. The van der Waals surface area contributed by atoms with Gasteiger partial charge in [-0.2, -0.15) is 0 Å². The highest BCUT2D eigenvalue weighted by molar-refractivity contribution is 5.76. The number of aliphatic hydroxyl groups is 1. The molecule has 0 fully saturated rings. The standard InChI is InChI=1S/C44H82O5/c1-8-11-14-17-18-19-28-37-48-41(46)43(4,5)35-26-20-24-33-40(45)34-25-21-27-36-44(6,7)42(47)49-38-29-32-39(30-22-15-12-9-2)31-23-16-13-10-3/h39-40,45H,8-28,30-31,33-38H2,1-7H3. The molecule has 0 heterocycles. The van der Waals surface area contributed by atoms with Crippen LogP contribution in [0, 0.1) is 28.6 Å². The Labute approximate surface area is 305 Å². The number of ether oxygens (including phenoxy) is 2. The van der Waals surface area contributed by atoms with E-state index in [4.69, 9.17) is 9.47 Å². The average Bonchev–Trinajstić information content (AvgIpc) is 3.07. The Morgan fingerprint density at radius 1 is 0.531 bits per heavy atom. The first-order chi connectivity index (χ1) is 23.5. The van der Waals surface area contributed by atoms with Crippen LogP contribution in [0.2, 0.25) is 0 Å². The van der Waals surface area contributed by atoms with Gasteiger partial charge in [0.1, 0.15) is 0 Å². The number of carbonyl (C=O) groups excluding carboxylic acids is 2. The third-order valence-corrected chi connectivity index (χ3v) is 10.2. The Hall–Kier alpha value is -1.54. The lowest BCUT2D eigenvalue weighted by atomic mass is 9.86. The van der Waals surface area contributed by atoms with Crippen LogP contribution in [0.4, 0.5) is 0 Å². The van der Waals surface area contributed by atoms with Crippen molar-refractivity contribution in [3.63, 3.8) is 0 Å². The van der Waals surface area contributed by atoms with Gasteiger partial charge in [0.05, 0.1) is 23.5 Å². The van der Waals surface area contributed by atoms with E-state index >= 15 is 0 Å². The van der Waals surface area contributed by atoms with Crippen molar-refractivity contribution in [3.05, 3.63) is 0 Å². The molecule has 1 N–H and O–H groups in total. The molecule has 0 aliphatic carbocycles. The average molecular weight is 691 g/mol. The molecule has 5 nitrogen and oxygen atoms in total. The third-order valence-electron chi connectivity index (χ3n) is 10.2. The molecule has 49 heavy (non-hydrogen) atoms. The van der Waals surface area contributed by atoms with Crippen LogP contribution in [0.25, 0.3) is 0 Å². The third kappa shape index (κ3) is 27.8.